The molecule has 0 amide bonds. The molecule has 3 aromatic heterocycles. The molecule has 0 spiro atoms. The Morgan fingerprint density at radius 2 is 1.93 bits per heavy atom. The van der Waals surface area contributed by atoms with E-state index in [4.69, 9.17) is 4.98 Å². The van der Waals surface area contributed by atoms with E-state index < -0.39 is 27.9 Å². The number of alkyl halides is 2. The Bertz CT molecular complexity index is 1530. The summed E-state index contributed by atoms with van der Waals surface area (Å²) < 4.78 is 52.5. The monoisotopic (exact) mass is 575 g/mol. The average molecular weight is 576 g/mol. The highest BCUT2D eigenvalue weighted by Gasteiger charge is 2.53. The smallest absolute Gasteiger partial charge is 0.293 e. The topological polar surface area (TPSA) is 124 Å². The van der Waals surface area contributed by atoms with Gasteiger partial charge in [-0.25, -0.2) is 32.2 Å². The van der Waals surface area contributed by atoms with Gasteiger partial charge in [0, 0.05) is 55.3 Å². The Morgan fingerprint density at radius 3 is 2.58 bits per heavy atom. The summed E-state index contributed by atoms with van der Waals surface area (Å²) in [6, 6.07) is 3.58. The van der Waals surface area contributed by atoms with Crippen LogP contribution in [-0.2, 0) is 9.84 Å². The fourth-order valence-electron chi connectivity index (χ4n) is 5.34. The number of rotatable bonds is 7. The van der Waals surface area contributed by atoms with Crippen LogP contribution in [0.4, 0.5) is 32.2 Å². The number of aliphatic hydroxyl groups is 1. The first-order valence-corrected chi connectivity index (χ1v) is 15.4. The van der Waals surface area contributed by atoms with E-state index in [9.17, 15) is 22.3 Å². The van der Waals surface area contributed by atoms with Crippen LogP contribution in [-0.4, -0.2) is 82.7 Å². The third kappa shape index (κ3) is 5.40. The summed E-state index contributed by atoms with van der Waals surface area (Å²) in [5.74, 6) is -1.08. The van der Waals surface area contributed by atoms with Gasteiger partial charge in [-0.05, 0) is 49.3 Å². The van der Waals surface area contributed by atoms with Crippen molar-refractivity contribution in [1.29, 1.82) is 0 Å². The highest BCUT2D eigenvalue weighted by molar-refractivity contribution is 7.90. The van der Waals surface area contributed by atoms with E-state index in [0.29, 0.717) is 18.2 Å². The summed E-state index contributed by atoms with van der Waals surface area (Å²) in [5.41, 5.74) is -1.03. The zero-order chi connectivity index (χ0) is 29.0. The third-order valence-electron chi connectivity index (χ3n) is 8.03. The predicted molar refractivity (Wildman–Crippen MR) is 151 cm³/mol. The van der Waals surface area contributed by atoms with Crippen LogP contribution >= 0.6 is 0 Å². The van der Waals surface area contributed by atoms with Gasteiger partial charge in [0.1, 0.15) is 32.9 Å². The molecule has 2 N–H and O–H groups in total. The van der Waals surface area contributed by atoms with Gasteiger partial charge in [-0.3, -0.25) is 0 Å². The molecule has 0 aromatic carbocycles. The number of pyridine rings is 2. The predicted octanol–water partition coefficient (Wildman–Crippen LogP) is 3.75. The molecule has 40 heavy (non-hydrogen) atoms. The van der Waals surface area contributed by atoms with E-state index >= 15 is 0 Å². The normalized spacial score (nSPS) is 24.8. The van der Waals surface area contributed by atoms with Gasteiger partial charge in [0.2, 0.25) is 5.95 Å². The molecule has 5 heterocycles. The van der Waals surface area contributed by atoms with Gasteiger partial charge in [0.25, 0.3) is 5.92 Å². The summed E-state index contributed by atoms with van der Waals surface area (Å²) in [6.07, 6.45) is 6.26. The first-order chi connectivity index (χ1) is 18.6. The third-order valence-corrected chi connectivity index (χ3v) is 9.06. The number of fused-ring (bicyclic) bond motifs is 1. The quantitative estimate of drug-likeness (QED) is 0.430. The Hall–Kier alpha value is -3.19. The number of anilines is 4. The van der Waals surface area contributed by atoms with Crippen molar-refractivity contribution in [2.24, 2.45) is 5.92 Å². The Labute approximate surface area is 232 Å². The van der Waals surface area contributed by atoms with E-state index in [1.807, 2.05) is 19.2 Å². The SMILES string of the molecule is CC(C)c1cnc(N2C[C@H](CS(C)(=O)=O)[C@H]2C)c2cnc(Nc3ccnc(N4CC[C@](C)(O)C(F)(F)C4)n3)cc12. The van der Waals surface area contributed by atoms with Crippen molar-refractivity contribution in [2.45, 2.75) is 57.6 Å². The Morgan fingerprint density at radius 1 is 1.18 bits per heavy atom. The maximum Gasteiger partial charge on any atom is 0.293 e. The number of aromatic nitrogens is 4. The maximum absolute atomic E-state index is 14.4. The summed E-state index contributed by atoms with van der Waals surface area (Å²) in [6.45, 7) is 7.46. The van der Waals surface area contributed by atoms with Crippen LogP contribution in [0, 0.1) is 5.92 Å². The largest absolute Gasteiger partial charge is 0.384 e. The van der Waals surface area contributed by atoms with Crippen molar-refractivity contribution >= 4 is 44.0 Å². The zero-order valence-corrected chi connectivity index (χ0v) is 24.1. The molecule has 0 unspecified atom stereocenters. The van der Waals surface area contributed by atoms with Crippen molar-refractivity contribution in [2.75, 3.05) is 46.8 Å². The van der Waals surface area contributed by atoms with Gasteiger partial charge in [0.05, 0.1) is 12.3 Å². The lowest BCUT2D eigenvalue weighted by Crippen LogP contribution is -2.59. The minimum Gasteiger partial charge on any atom is -0.384 e. The van der Waals surface area contributed by atoms with E-state index in [0.717, 1.165) is 29.1 Å². The van der Waals surface area contributed by atoms with Crippen LogP contribution in [0.2, 0.25) is 0 Å². The van der Waals surface area contributed by atoms with E-state index in [2.05, 4.69) is 39.0 Å². The molecule has 2 aliphatic rings. The van der Waals surface area contributed by atoms with Gasteiger partial charge in [0.15, 0.2) is 0 Å². The van der Waals surface area contributed by atoms with Gasteiger partial charge in [-0.2, -0.15) is 4.98 Å². The Kier molecular flexibility index (Phi) is 7.10. The highest BCUT2D eigenvalue weighted by Crippen LogP contribution is 2.39. The average Bonchev–Trinajstić information content (AvgIpc) is 2.86. The molecule has 2 fully saturated rings. The minimum absolute atomic E-state index is 0.0263. The van der Waals surface area contributed by atoms with Crippen molar-refractivity contribution in [3.8, 4) is 0 Å². The van der Waals surface area contributed by atoms with Crippen molar-refractivity contribution < 1.29 is 22.3 Å². The summed E-state index contributed by atoms with van der Waals surface area (Å²) >= 11 is 0. The highest BCUT2D eigenvalue weighted by atomic mass is 32.2. The second-order valence-corrected chi connectivity index (χ2v) is 13.8. The van der Waals surface area contributed by atoms with Crippen LogP contribution in [0.15, 0.2) is 30.7 Å². The number of nitrogens with one attached hydrogen (secondary N) is 1. The van der Waals surface area contributed by atoms with Crippen LogP contribution in [0.25, 0.3) is 10.8 Å². The molecule has 10 nitrogen and oxygen atoms in total. The molecule has 3 aromatic rings. The summed E-state index contributed by atoms with van der Waals surface area (Å²) in [5, 5.41) is 15.0. The number of hydrogen-bond donors (Lipinski definition) is 2. The molecular formula is C27H35F2N7O3S. The lowest BCUT2D eigenvalue weighted by atomic mass is 9.90. The van der Waals surface area contributed by atoms with Crippen LogP contribution in [0.3, 0.4) is 0 Å². The lowest BCUT2D eigenvalue weighted by molar-refractivity contribution is -0.177. The van der Waals surface area contributed by atoms with Crippen molar-refractivity contribution in [3.05, 3.63) is 36.3 Å². The second kappa shape index (κ2) is 10.0. The molecule has 5 rings (SSSR count). The van der Waals surface area contributed by atoms with E-state index in [-0.39, 0.29) is 42.5 Å². The number of hydrogen-bond acceptors (Lipinski definition) is 10. The van der Waals surface area contributed by atoms with Crippen LogP contribution < -0.4 is 15.1 Å². The molecule has 2 saturated heterocycles. The fraction of sp³-hybridized carbons (Fsp3) is 0.556. The molecule has 216 valence electrons. The maximum atomic E-state index is 14.4. The number of nitrogens with zero attached hydrogens (tertiary/aromatic N) is 6. The number of halogens is 2. The molecular weight excluding hydrogens is 540 g/mol. The van der Waals surface area contributed by atoms with Gasteiger partial charge >= 0.3 is 0 Å². The molecule has 0 saturated carbocycles. The molecule has 2 aliphatic heterocycles. The number of sulfone groups is 1. The molecule has 13 heteroatoms. The Balaban J connectivity index is 1.41. The minimum atomic E-state index is -3.30. The summed E-state index contributed by atoms with van der Waals surface area (Å²) in [4.78, 5) is 21.4. The molecule has 0 bridgehead atoms. The number of piperidine rings is 1. The second-order valence-electron chi connectivity index (χ2n) is 11.6. The zero-order valence-electron chi connectivity index (χ0n) is 23.3. The first kappa shape index (κ1) is 28.3. The van der Waals surface area contributed by atoms with E-state index in [1.165, 1.54) is 17.4 Å². The van der Waals surface area contributed by atoms with Crippen LogP contribution in [0.1, 0.15) is 45.6 Å². The van der Waals surface area contributed by atoms with Crippen molar-refractivity contribution in [1.82, 2.24) is 19.9 Å². The van der Waals surface area contributed by atoms with E-state index in [1.54, 1.807) is 12.3 Å². The molecule has 0 radical (unpaired) electrons. The fourth-order valence-corrected chi connectivity index (χ4v) is 6.51. The first-order valence-electron chi connectivity index (χ1n) is 13.3. The van der Waals surface area contributed by atoms with Gasteiger partial charge in [-0.1, -0.05) is 13.8 Å². The van der Waals surface area contributed by atoms with Gasteiger partial charge in [-0.15, -0.1) is 0 Å². The standard InChI is InChI=1S/C27H35F2N7O3S/c1-16(2)20-11-32-24(36-13-18(17(36)3)14-40(5,38)39)21-12-31-23(10-19(20)21)33-22-6-8-30-25(34-22)35-9-7-26(4,37)27(28,29)15-35/h6,8,10-12,16-18,37H,7,9,13-15H2,1-5H3,(H,30,31,33,34)/t17-,18-,26+/m1/s1. The van der Waals surface area contributed by atoms with Gasteiger partial charge < -0.3 is 20.2 Å². The molecule has 3 atom stereocenters. The van der Waals surface area contributed by atoms with Crippen molar-refractivity contribution in [3.63, 3.8) is 0 Å². The lowest BCUT2D eigenvalue weighted by Gasteiger charge is -2.47. The molecule has 0 aliphatic carbocycles. The summed E-state index contributed by atoms with van der Waals surface area (Å²) in [7, 11) is -3.07. The van der Waals surface area contributed by atoms with Crippen LogP contribution in [0.5, 0.6) is 0 Å².